The monoisotopic (exact) mass is 661 g/mol. The minimum absolute atomic E-state index is 0.0133. The van der Waals surface area contributed by atoms with Crippen molar-refractivity contribution in [3.05, 3.63) is 126 Å². The summed E-state index contributed by atoms with van der Waals surface area (Å²) in [5.41, 5.74) is 12.1. The van der Waals surface area contributed by atoms with Crippen LogP contribution in [0.25, 0.3) is 6.08 Å². The molecule has 0 saturated carbocycles. The van der Waals surface area contributed by atoms with Crippen molar-refractivity contribution in [2.24, 2.45) is 0 Å². The number of benzene rings is 4. The van der Waals surface area contributed by atoms with Crippen LogP contribution in [0.5, 0.6) is 0 Å². The summed E-state index contributed by atoms with van der Waals surface area (Å²) in [6.07, 6.45) is 1.72. The first kappa shape index (κ1) is 31.9. The second-order valence-electron chi connectivity index (χ2n) is 16.5. The van der Waals surface area contributed by atoms with Gasteiger partial charge in [-0.25, -0.2) is 0 Å². The highest BCUT2D eigenvalue weighted by atomic mass is 35.5. The second-order valence-corrected chi connectivity index (χ2v) is 17.4. The number of rotatable bonds is 1. The largest absolute Gasteiger partial charge is 0.309 e. The van der Waals surface area contributed by atoms with Gasteiger partial charge in [0.2, 0.25) is 0 Å². The third kappa shape index (κ3) is 4.60. The number of allylic oxidation sites excluding steroid dienone is 1. The van der Waals surface area contributed by atoms with Crippen molar-refractivity contribution >= 4 is 57.9 Å². The minimum Gasteiger partial charge on any atom is -0.309 e. The van der Waals surface area contributed by atoms with Gasteiger partial charge in [-0.2, -0.15) is 0 Å². The molecule has 0 fully saturated rings. The smallest absolute Gasteiger partial charge is 0.197 e. The number of Topliss-reactive ketones (excluding diaryl/α,β-unsaturated/α-hetero) is 2. The highest BCUT2D eigenvalue weighted by Crippen LogP contribution is 2.61. The van der Waals surface area contributed by atoms with E-state index >= 15 is 0 Å². The van der Waals surface area contributed by atoms with Gasteiger partial charge in [0.25, 0.3) is 0 Å². The molecule has 0 amide bonds. The average molecular weight is 663 g/mol. The van der Waals surface area contributed by atoms with Crippen LogP contribution in [0.2, 0.25) is 10.0 Å². The standard InChI is InChI=1S/C42H41Cl2NO2/c1-39(2,3)23-12-14-35-29(17-23)42(9,10)31-19-24(40(4,5)6)18-30-36(31)45(35)34-13-11-22(16-28(34)41(30,7)8)15-27-37(46)25-20-32(43)33(44)21-26(25)38(27)47/h11-21H,1-10H3. The van der Waals surface area contributed by atoms with E-state index in [1.54, 1.807) is 6.08 Å². The molecule has 0 saturated heterocycles. The molecule has 3 nitrogen and oxygen atoms in total. The van der Waals surface area contributed by atoms with Gasteiger partial charge >= 0.3 is 0 Å². The predicted octanol–water partition coefficient (Wildman–Crippen LogP) is 11.8. The Kier molecular flexibility index (Phi) is 6.75. The number of carbonyl (C=O) groups is 2. The maximum Gasteiger partial charge on any atom is 0.197 e. The summed E-state index contributed by atoms with van der Waals surface area (Å²) in [4.78, 5) is 29.3. The van der Waals surface area contributed by atoms with Gasteiger partial charge in [0.1, 0.15) is 0 Å². The van der Waals surface area contributed by atoms with Crippen molar-refractivity contribution in [1.29, 1.82) is 0 Å². The molecule has 0 unspecified atom stereocenters. The van der Waals surface area contributed by atoms with Crippen LogP contribution >= 0.6 is 23.2 Å². The number of hydrogen-bond acceptors (Lipinski definition) is 3. The highest BCUT2D eigenvalue weighted by molar-refractivity contribution is 6.46. The van der Waals surface area contributed by atoms with E-state index in [0.29, 0.717) is 11.1 Å². The van der Waals surface area contributed by atoms with E-state index in [2.05, 4.69) is 117 Å². The normalized spacial score (nSPS) is 17.3. The Morgan fingerprint density at radius 1 is 0.596 bits per heavy atom. The van der Waals surface area contributed by atoms with Crippen LogP contribution < -0.4 is 4.90 Å². The van der Waals surface area contributed by atoms with Crippen molar-refractivity contribution in [1.82, 2.24) is 0 Å². The molecule has 3 aliphatic rings. The number of fused-ring (bicyclic) bond motifs is 5. The number of nitrogens with zero attached hydrogens (tertiary/aromatic N) is 1. The first-order chi connectivity index (χ1) is 21.7. The van der Waals surface area contributed by atoms with Crippen LogP contribution in [-0.2, 0) is 21.7 Å². The molecule has 47 heavy (non-hydrogen) atoms. The number of carbonyl (C=O) groups excluding carboxylic acids is 2. The molecular formula is C42H41Cl2NO2. The van der Waals surface area contributed by atoms with Crippen LogP contribution in [0.3, 0.4) is 0 Å². The molecule has 5 heteroatoms. The zero-order valence-electron chi connectivity index (χ0n) is 28.9. The molecule has 0 radical (unpaired) electrons. The third-order valence-corrected chi connectivity index (χ3v) is 11.3. The van der Waals surface area contributed by atoms with Crippen molar-refractivity contribution < 1.29 is 9.59 Å². The van der Waals surface area contributed by atoms with E-state index in [4.69, 9.17) is 23.2 Å². The van der Waals surface area contributed by atoms with Gasteiger partial charge in [-0.3, -0.25) is 9.59 Å². The number of anilines is 3. The Labute approximate surface area is 288 Å². The first-order valence-corrected chi connectivity index (χ1v) is 17.1. The third-order valence-electron chi connectivity index (χ3n) is 10.6. The average Bonchev–Trinajstić information content (AvgIpc) is 3.19. The lowest BCUT2D eigenvalue weighted by Crippen LogP contribution is -2.39. The van der Waals surface area contributed by atoms with Crippen LogP contribution in [0.4, 0.5) is 17.1 Å². The SMILES string of the molecule is CC(C)(C)c1ccc2c(c1)C(C)(C)c1cc(C(C)(C)C)cc3c1N2c1ccc(C=C2C(=O)c4cc(Cl)c(Cl)cc4C2=O)cc1C3(C)C. The lowest BCUT2D eigenvalue weighted by atomic mass is 9.64. The first-order valence-electron chi connectivity index (χ1n) is 16.3. The molecule has 2 heterocycles. The Morgan fingerprint density at radius 3 is 1.53 bits per heavy atom. The molecule has 0 N–H and O–H groups in total. The van der Waals surface area contributed by atoms with Crippen molar-refractivity contribution in [2.75, 3.05) is 4.90 Å². The summed E-state index contributed by atoms with van der Waals surface area (Å²) < 4.78 is 0. The summed E-state index contributed by atoms with van der Waals surface area (Å²) in [5, 5.41) is 0.520. The summed E-state index contributed by atoms with van der Waals surface area (Å²) in [7, 11) is 0. The quantitative estimate of drug-likeness (QED) is 0.150. The summed E-state index contributed by atoms with van der Waals surface area (Å²) in [6, 6.07) is 21.1. The van der Waals surface area contributed by atoms with Crippen LogP contribution in [0, 0.1) is 0 Å². The topological polar surface area (TPSA) is 37.4 Å². The van der Waals surface area contributed by atoms with Gasteiger partial charge in [-0.05, 0) is 86.2 Å². The lowest BCUT2D eigenvalue weighted by Gasteiger charge is -2.50. The molecule has 7 rings (SSSR count). The minimum atomic E-state index is -0.363. The van der Waals surface area contributed by atoms with Gasteiger partial charge in [0.15, 0.2) is 11.6 Å². The van der Waals surface area contributed by atoms with Crippen molar-refractivity contribution in [3.63, 3.8) is 0 Å². The van der Waals surface area contributed by atoms with Crippen molar-refractivity contribution in [3.8, 4) is 0 Å². The lowest BCUT2D eigenvalue weighted by molar-refractivity contribution is 0.0990. The molecular weight excluding hydrogens is 621 g/mol. The molecule has 4 aromatic carbocycles. The fourth-order valence-corrected chi connectivity index (χ4v) is 7.90. The summed E-state index contributed by atoms with van der Waals surface area (Å²) >= 11 is 12.4. The summed E-state index contributed by atoms with van der Waals surface area (Å²) in [6.45, 7) is 23.0. The maximum absolute atomic E-state index is 13.4. The van der Waals surface area contributed by atoms with Gasteiger partial charge < -0.3 is 4.90 Å². The fraction of sp³-hybridized carbons (Fsp3) is 0.333. The van der Waals surface area contributed by atoms with Crippen LogP contribution in [0.15, 0.2) is 66.2 Å². The molecule has 240 valence electrons. The van der Waals surface area contributed by atoms with E-state index in [-0.39, 0.29) is 48.8 Å². The zero-order valence-corrected chi connectivity index (χ0v) is 30.4. The van der Waals surface area contributed by atoms with E-state index in [0.717, 1.165) is 16.8 Å². The number of halogens is 2. The van der Waals surface area contributed by atoms with E-state index in [9.17, 15) is 9.59 Å². The van der Waals surface area contributed by atoms with E-state index in [1.165, 1.54) is 51.3 Å². The van der Waals surface area contributed by atoms with Gasteiger partial charge in [-0.15, -0.1) is 0 Å². The predicted molar refractivity (Wildman–Crippen MR) is 196 cm³/mol. The van der Waals surface area contributed by atoms with Gasteiger partial charge in [-0.1, -0.05) is 123 Å². The fourth-order valence-electron chi connectivity index (χ4n) is 7.57. The molecule has 4 aromatic rings. The molecule has 0 atom stereocenters. The molecule has 0 aromatic heterocycles. The molecule has 0 spiro atoms. The Morgan fingerprint density at radius 2 is 1.04 bits per heavy atom. The maximum atomic E-state index is 13.4. The Bertz CT molecular complexity index is 2070. The Balaban J connectivity index is 1.47. The Hall–Kier alpha value is -3.66. The van der Waals surface area contributed by atoms with E-state index in [1.807, 2.05) is 6.07 Å². The summed E-state index contributed by atoms with van der Waals surface area (Å²) in [5.74, 6) is -0.653. The zero-order chi connectivity index (χ0) is 34.2. The van der Waals surface area contributed by atoms with Gasteiger partial charge in [0.05, 0.1) is 32.7 Å². The second kappa shape index (κ2) is 9.94. The molecule has 0 bridgehead atoms. The van der Waals surface area contributed by atoms with Crippen LogP contribution in [0.1, 0.15) is 129 Å². The van der Waals surface area contributed by atoms with E-state index < -0.39 is 0 Å². The van der Waals surface area contributed by atoms with Crippen molar-refractivity contribution in [2.45, 2.75) is 90.9 Å². The number of hydrogen-bond donors (Lipinski definition) is 0. The molecule has 2 aliphatic heterocycles. The van der Waals surface area contributed by atoms with Gasteiger partial charge in [0, 0.05) is 22.0 Å². The number of ketones is 2. The van der Waals surface area contributed by atoms with Crippen LogP contribution in [-0.4, -0.2) is 11.6 Å². The molecule has 1 aliphatic carbocycles. The highest BCUT2D eigenvalue weighted by Gasteiger charge is 2.46.